The van der Waals surface area contributed by atoms with Gasteiger partial charge in [0.1, 0.15) is 0 Å². The Kier molecular flexibility index (Phi) is 5.05. The molecule has 0 aliphatic rings. The third-order valence-corrected chi connectivity index (χ3v) is 3.05. The molecule has 0 radical (unpaired) electrons. The fraction of sp³-hybridized carbons (Fsp3) is 0.625. The summed E-state index contributed by atoms with van der Waals surface area (Å²) in [6.07, 6.45) is 0. The lowest BCUT2D eigenvalue weighted by atomic mass is 10.4. The van der Waals surface area contributed by atoms with Crippen molar-refractivity contribution in [3.63, 3.8) is 0 Å². The molecule has 0 aliphatic carbocycles. The summed E-state index contributed by atoms with van der Waals surface area (Å²) >= 11 is 0. The molecule has 82 valence electrons. The number of esters is 1. The molecule has 1 N–H and O–H groups in total. The van der Waals surface area contributed by atoms with Gasteiger partial charge in [0.15, 0.2) is 5.85 Å². The zero-order chi connectivity index (χ0) is 11.4. The summed E-state index contributed by atoms with van der Waals surface area (Å²) in [5, 5.41) is 0. The molecule has 0 bridgehead atoms. The maximum atomic E-state index is 11.3. The fourth-order valence-electron chi connectivity index (χ4n) is 0.612. The van der Waals surface area contributed by atoms with Crippen LogP contribution in [0.5, 0.6) is 0 Å². The van der Waals surface area contributed by atoms with Crippen LogP contribution in [0.1, 0.15) is 20.8 Å². The highest BCUT2D eigenvalue weighted by Gasteiger charge is 2.31. The first-order chi connectivity index (χ1) is 6.31. The quantitative estimate of drug-likeness (QED) is 0.435. The van der Waals surface area contributed by atoms with Gasteiger partial charge in [-0.2, -0.15) is 0 Å². The minimum Gasteiger partial charge on any atom is -0.446 e. The van der Waals surface area contributed by atoms with E-state index in [1.807, 2.05) is 0 Å². The molecule has 5 nitrogen and oxygen atoms in total. The molecule has 0 saturated heterocycles. The molecule has 0 aliphatic heterocycles. The summed E-state index contributed by atoms with van der Waals surface area (Å²) in [6.45, 7) is 7.77. The highest BCUT2D eigenvalue weighted by atomic mass is 31.2. The average Bonchev–Trinajstić information content (AvgIpc) is 2.03. The van der Waals surface area contributed by atoms with E-state index in [4.69, 9.17) is 0 Å². The minimum atomic E-state index is -3.86. The molecule has 0 aromatic heterocycles. The van der Waals surface area contributed by atoms with Gasteiger partial charge in [-0.05, 0) is 20.8 Å². The molecule has 0 heterocycles. The molecule has 0 amide bonds. The second-order valence-corrected chi connectivity index (χ2v) is 4.88. The summed E-state index contributed by atoms with van der Waals surface area (Å²) in [5.41, 5.74) is 0.174. The molecular weight excluding hydrogens is 207 g/mol. The van der Waals surface area contributed by atoms with Gasteiger partial charge in [0.05, 0.1) is 6.61 Å². The van der Waals surface area contributed by atoms with Gasteiger partial charge >= 0.3 is 13.6 Å². The second kappa shape index (κ2) is 5.29. The number of hydrogen-bond donors (Lipinski definition) is 1. The maximum absolute atomic E-state index is 11.3. The number of hydrogen-bond acceptors (Lipinski definition) is 4. The first-order valence-electron chi connectivity index (χ1n) is 4.14. The van der Waals surface area contributed by atoms with E-state index in [0.717, 1.165) is 0 Å². The third kappa shape index (κ3) is 4.05. The van der Waals surface area contributed by atoms with E-state index in [-0.39, 0.29) is 12.2 Å². The highest BCUT2D eigenvalue weighted by molar-refractivity contribution is 7.53. The van der Waals surface area contributed by atoms with Gasteiger partial charge in [0.25, 0.3) is 0 Å². The van der Waals surface area contributed by atoms with E-state index in [9.17, 15) is 14.3 Å². The Labute approximate surface area is 83.3 Å². The Bertz CT molecular complexity index is 273. The minimum absolute atomic E-state index is 0.0861. The first kappa shape index (κ1) is 13.4. The van der Waals surface area contributed by atoms with Crippen LogP contribution in [0.15, 0.2) is 12.2 Å². The van der Waals surface area contributed by atoms with Crippen LogP contribution in [0.4, 0.5) is 0 Å². The van der Waals surface area contributed by atoms with Crippen molar-refractivity contribution < 1.29 is 23.5 Å². The van der Waals surface area contributed by atoms with Crippen molar-refractivity contribution in [1.29, 1.82) is 0 Å². The Morgan fingerprint density at radius 1 is 1.64 bits per heavy atom. The van der Waals surface area contributed by atoms with Crippen molar-refractivity contribution in [1.82, 2.24) is 0 Å². The van der Waals surface area contributed by atoms with Gasteiger partial charge in [0, 0.05) is 5.57 Å². The predicted octanol–water partition coefficient (Wildman–Crippen LogP) is 1.67. The number of carbonyl (C=O) groups excluding carboxylic acids is 1. The monoisotopic (exact) mass is 222 g/mol. The van der Waals surface area contributed by atoms with Gasteiger partial charge in [-0.15, -0.1) is 0 Å². The molecular formula is C8H15O5P. The second-order valence-electron chi connectivity index (χ2n) is 2.77. The van der Waals surface area contributed by atoms with Crippen LogP contribution >= 0.6 is 7.60 Å². The first-order valence-corrected chi connectivity index (χ1v) is 5.79. The van der Waals surface area contributed by atoms with Crippen LogP contribution in [0.2, 0.25) is 0 Å². The van der Waals surface area contributed by atoms with Gasteiger partial charge in [-0.1, -0.05) is 6.58 Å². The van der Waals surface area contributed by atoms with Gasteiger partial charge in [-0.3, -0.25) is 4.57 Å². The summed E-state index contributed by atoms with van der Waals surface area (Å²) in [5.74, 6) is -1.88. The fourth-order valence-corrected chi connectivity index (χ4v) is 1.42. The van der Waals surface area contributed by atoms with Gasteiger partial charge in [-0.25, -0.2) is 4.79 Å². The van der Waals surface area contributed by atoms with Crippen molar-refractivity contribution in [3.8, 4) is 0 Å². The van der Waals surface area contributed by atoms with Crippen molar-refractivity contribution in [2.45, 2.75) is 26.6 Å². The molecule has 2 unspecified atom stereocenters. The Hall–Kier alpha value is -0.640. The average molecular weight is 222 g/mol. The molecule has 2 atom stereocenters. The van der Waals surface area contributed by atoms with Crippen molar-refractivity contribution in [2.75, 3.05) is 6.61 Å². The lowest BCUT2D eigenvalue weighted by Gasteiger charge is -2.18. The molecule has 0 spiro atoms. The lowest BCUT2D eigenvalue weighted by molar-refractivity contribution is -0.140. The zero-order valence-electron chi connectivity index (χ0n) is 8.52. The topological polar surface area (TPSA) is 72.8 Å². The number of rotatable bonds is 5. The molecule has 0 saturated carbocycles. The van der Waals surface area contributed by atoms with E-state index in [1.54, 1.807) is 6.92 Å². The smallest absolute Gasteiger partial charge is 0.368 e. The number of carbonyl (C=O) groups is 1. The zero-order valence-corrected chi connectivity index (χ0v) is 9.41. The SMILES string of the molecule is C=C(C)C(=O)OC(C)P(=O)(O)OCC. The lowest BCUT2D eigenvalue weighted by Crippen LogP contribution is -2.16. The maximum Gasteiger partial charge on any atom is 0.368 e. The van der Waals surface area contributed by atoms with Gasteiger partial charge < -0.3 is 14.2 Å². The molecule has 0 fully saturated rings. The van der Waals surface area contributed by atoms with Crippen molar-refractivity contribution >= 4 is 13.6 Å². The van der Waals surface area contributed by atoms with Crippen molar-refractivity contribution in [2.24, 2.45) is 0 Å². The van der Waals surface area contributed by atoms with Crippen molar-refractivity contribution in [3.05, 3.63) is 12.2 Å². The van der Waals surface area contributed by atoms with Crippen LogP contribution in [0.3, 0.4) is 0 Å². The molecule has 6 heteroatoms. The predicted molar refractivity (Wildman–Crippen MR) is 51.8 cm³/mol. The van der Waals surface area contributed by atoms with Crippen LogP contribution in [0.25, 0.3) is 0 Å². The highest BCUT2D eigenvalue weighted by Crippen LogP contribution is 2.47. The number of ether oxygens (including phenoxy) is 1. The summed E-state index contributed by atoms with van der Waals surface area (Å²) in [6, 6.07) is 0. The third-order valence-electron chi connectivity index (χ3n) is 1.40. The van der Waals surface area contributed by atoms with Crippen LogP contribution < -0.4 is 0 Å². The van der Waals surface area contributed by atoms with Gasteiger partial charge in [0.2, 0.25) is 0 Å². The molecule has 0 rings (SSSR count). The summed E-state index contributed by atoms with van der Waals surface area (Å²) in [7, 11) is -3.86. The largest absolute Gasteiger partial charge is 0.446 e. The Balaban J connectivity index is 4.34. The summed E-state index contributed by atoms with van der Waals surface area (Å²) < 4.78 is 20.5. The van der Waals surface area contributed by atoms with E-state index < -0.39 is 19.4 Å². The van der Waals surface area contributed by atoms with Crippen LogP contribution in [-0.4, -0.2) is 23.3 Å². The van der Waals surface area contributed by atoms with E-state index in [0.29, 0.717) is 0 Å². The standard InChI is InChI=1S/C8H15O5P/c1-5-12-14(10,11)7(4)13-8(9)6(2)3/h7H,2,5H2,1,3-4H3,(H,10,11). The normalized spacial score (nSPS) is 16.9. The van der Waals surface area contributed by atoms with Crippen LogP contribution in [-0.2, 0) is 18.6 Å². The van der Waals surface area contributed by atoms with E-state index >= 15 is 0 Å². The summed E-state index contributed by atoms with van der Waals surface area (Å²) in [4.78, 5) is 20.2. The molecule has 0 aromatic carbocycles. The Morgan fingerprint density at radius 2 is 2.14 bits per heavy atom. The van der Waals surface area contributed by atoms with E-state index in [1.165, 1.54) is 13.8 Å². The Morgan fingerprint density at radius 3 is 2.50 bits per heavy atom. The van der Waals surface area contributed by atoms with Crippen LogP contribution in [0, 0.1) is 0 Å². The molecule has 14 heavy (non-hydrogen) atoms. The molecule has 0 aromatic rings. The van der Waals surface area contributed by atoms with E-state index in [2.05, 4.69) is 15.8 Å².